The second-order valence-corrected chi connectivity index (χ2v) is 3.85. The van der Waals surface area contributed by atoms with Gasteiger partial charge in [-0.3, -0.25) is 0 Å². The third-order valence-electron chi connectivity index (χ3n) is 2.85. The van der Waals surface area contributed by atoms with E-state index in [1.165, 1.54) is 6.07 Å². The second kappa shape index (κ2) is 2.51. The van der Waals surface area contributed by atoms with Gasteiger partial charge in [0.25, 0.3) is 0 Å². The SMILES string of the molecule is C[C@@]1(c2cc(F)ccc2F)C[C@H]1N. The highest BCUT2D eigenvalue weighted by Gasteiger charge is 2.50. The smallest absolute Gasteiger partial charge is 0.127 e. The highest BCUT2D eigenvalue weighted by molar-refractivity contribution is 5.36. The zero-order chi connectivity index (χ0) is 9.64. The van der Waals surface area contributed by atoms with Crippen LogP contribution in [0.5, 0.6) is 0 Å². The Kier molecular flexibility index (Phi) is 1.67. The average Bonchev–Trinajstić information content (AvgIpc) is 2.66. The van der Waals surface area contributed by atoms with Gasteiger partial charge in [0.15, 0.2) is 0 Å². The lowest BCUT2D eigenvalue weighted by molar-refractivity contribution is 0.560. The van der Waals surface area contributed by atoms with Crippen LogP contribution in [0.4, 0.5) is 8.78 Å². The first kappa shape index (κ1) is 8.63. The summed E-state index contributed by atoms with van der Waals surface area (Å²) in [4.78, 5) is 0. The summed E-state index contributed by atoms with van der Waals surface area (Å²) in [6, 6.07) is 3.47. The first-order valence-corrected chi connectivity index (χ1v) is 4.25. The van der Waals surface area contributed by atoms with Crippen molar-refractivity contribution in [2.45, 2.75) is 24.8 Å². The van der Waals surface area contributed by atoms with Gasteiger partial charge in [-0.1, -0.05) is 6.92 Å². The van der Waals surface area contributed by atoms with E-state index < -0.39 is 5.82 Å². The van der Waals surface area contributed by atoms with Crippen LogP contribution < -0.4 is 5.73 Å². The molecule has 1 saturated carbocycles. The fourth-order valence-electron chi connectivity index (χ4n) is 1.64. The number of nitrogens with two attached hydrogens (primary N) is 1. The van der Waals surface area contributed by atoms with Crippen molar-refractivity contribution in [3.8, 4) is 0 Å². The number of hydrogen-bond acceptors (Lipinski definition) is 1. The van der Waals surface area contributed by atoms with Gasteiger partial charge in [0.1, 0.15) is 11.6 Å². The van der Waals surface area contributed by atoms with E-state index in [1.54, 1.807) is 0 Å². The van der Waals surface area contributed by atoms with Crippen molar-refractivity contribution in [3.05, 3.63) is 35.4 Å². The van der Waals surface area contributed by atoms with Crippen molar-refractivity contribution in [1.82, 2.24) is 0 Å². The first-order chi connectivity index (χ1) is 6.04. The Morgan fingerprint density at radius 2 is 2.08 bits per heavy atom. The normalized spacial score (nSPS) is 31.8. The Labute approximate surface area is 75.6 Å². The van der Waals surface area contributed by atoms with E-state index in [4.69, 9.17) is 5.73 Å². The number of rotatable bonds is 1. The minimum absolute atomic E-state index is 0.0381. The van der Waals surface area contributed by atoms with Gasteiger partial charge in [-0.05, 0) is 30.2 Å². The molecular formula is C10H11F2N. The van der Waals surface area contributed by atoms with Crippen LogP contribution in [0.1, 0.15) is 18.9 Å². The minimum atomic E-state index is -0.406. The van der Waals surface area contributed by atoms with Crippen molar-refractivity contribution < 1.29 is 8.78 Å². The molecule has 1 aromatic carbocycles. The van der Waals surface area contributed by atoms with E-state index in [0.717, 1.165) is 18.6 Å². The van der Waals surface area contributed by atoms with Gasteiger partial charge in [0, 0.05) is 11.5 Å². The highest BCUT2D eigenvalue weighted by atomic mass is 19.1. The lowest BCUT2D eigenvalue weighted by Crippen LogP contribution is -2.16. The lowest BCUT2D eigenvalue weighted by Gasteiger charge is -2.10. The molecule has 1 aliphatic rings. The van der Waals surface area contributed by atoms with Crippen LogP contribution in [0, 0.1) is 11.6 Å². The van der Waals surface area contributed by atoms with E-state index in [9.17, 15) is 8.78 Å². The third kappa shape index (κ3) is 1.23. The van der Waals surface area contributed by atoms with Gasteiger partial charge in [-0.15, -0.1) is 0 Å². The molecule has 0 amide bonds. The maximum absolute atomic E-state index is 13.3. The third-order valence-corrected chi connectivity index (χ3v) is 2.85. The minimum Gasteiger partial charge on any atom is -0.327 e. The Morgan fingerprint density at radius 3 is 2.62 bits per heavy atom. The molecule has 0 unspecified atom stereocenters. The molecule has 1 aromatic rings. The van der Waals surface area contributed by atoms with Gasteiger partial charge >= 0.3 is 0 Å². The average molecular weight is 183 g/mol. The molecule has 2 N–H and O–H groups in total. The zero-order valence-corrected chi connectivity index (χ0v) is 7.35. The molecule has 0 radical (unpaired) electrons. The molecule has 2 rings (SSSR count). The molecule has 0 spiro atoms. The van der Waals surface area contributed by atoms with Crippen LogP contribution in [0.2, 0.25) is 0 Å². The summed E-state index contributed by atoms with van der Waals surface area (Å²) in [6.45, 7) is 1.86. The van der Waals surface area contributed by atoms with Crippen molar-refractivity contribution in [2.24, 2.45) is 5.73 Å². The standard InChI is InChI=1S/C10H11F2N/c1-10(5-9(10)13)7-4-6(11)2-3-8(7)12/h2-4,9H,5,13H2,1H3/t9-,10+/m1/s1. The molecule has 1 aliphatic carbocycles. The van der Waals surface area contributed by atoms with E-state index in [2.05, 4.69) is 0 Å². The van der Waals surface area contributed by atoms with Gasteiger partial charge in [-0.25, -0.2) is 8.78 Å². The van der Waals surface area contributed by atoms with Crippen LogP contribution >= 0.6 is 0 Å². The van der Waals surface area contributed by atoms with Crippen molar-refractivity contribution in [1.29, 1.82) is 0 Å². The fourth-order valence-corrected chi connectivity index (χ4v) is 1.64. The topological polar surface area (TPSA) is 26.0 Å². The molecule has 2 atom stereocenters. The Hall–Kier alpha value is -0.960. The predicted octanol–water partition coefficient (Wildman–Crippen LogP) is 1.95. The molecule has 0 heterocycles. The van der Waals surface area contributed by atoms with Crippen molar-refractivity contribution in [3.63, 3.8) is 0 Å². The van der Waals surface area contributed by atoms with Crippen molar-refractivity contribution >= 4 is 0 Å². The molecule has 0 bridgehead atoms. The highest BCUT2D eigenvalue weighted by Crippen LogP contribution is 2.47. The maximum atomic E-state index is 13.3. The van der Waals surface area contributed by atoms with Crippen LogP contribution in [-0.4, -0.2) is 6.04 Å². The molecule has 70 valence electrons. The molecule has 13 heavy (non-hydrogen) atoms. The monoisotopic (exact) mass is 183 g/mol. The van der Waals surface area contributed by atoms with Crippen LogP contribution in [0.15, 0.2) is 18.2 Å². The van der Waals surface area contributed by atoms with E-state index in [1.807, 2.05) is 6.92 Å². The predicted molar refractivity (Wildman–Crippen MR) is 46.3 cm³/mol. The molecule has 0 aliphatic heterocycles. The number of halogens is 2. The molecule has 0 saturated heterocycles. The second-order valence-electron chi connectivity index (χ2n) is 3.85. The maximum Gasteiger partial charge on any atom is 0.127 e. The Bertz CT molecular complexity index is 351. The van der Waals surface area contributed by atoms with Crippen LogP contribution in [-0.2, 0) is 5.41 Å². The summed E-state index contributed by atoms with van der Waals surface area (Å²) in [5, 5.41) is 0. The molecule has 3 heteroatoms. The lowest BCUT2D eigenvalue weighted by atomic mass is 9.97. The first-order valence-electron chi connectivity index (χ1n) is 4.25. The van der Waals surface area contributed by atoms with E-state index >= 15 is 0 Å². The Balaban J connectivity index is 2.46. The van der Waals surface area contributed by atoms with Crippen molar-refractivity contribution in [2.75, 3.05) is 0 Å². The van der Waals surface area contributed by atoms with Gasteiger partial charge < -0.3 is 5.73 Å². The summed E-state index contributed by atoms with van der Waals surface area (Å²) in [5.74, 6) is -0.770. The van der Waals surface area contributed by atoms with Gasteiger partial charge in [0.05, 0.1) is 0 Å². The summed E-state index contributed by atoms with van der Waals surface area (Å²) in [7, 11) is 0. The molecular weight excluding hydrogens is 172 g/mol. The molecule has 0 aromatic heterocycles. The quantitative estimate of drug-likeness (QED) is 0.707. The summed E-state index contributed by atoms with van der Waals surface area (Å²) >= 11 is 0. The molecule has 1 nitrogen and oxygen atoms in total. The van der Waals surface area contributed by atoms with Crippen LogP contribution in [0.25, 0.3) is 0 Å². The van der Waals surface area contributed by atoms with E-state index in [0.29, 0.717) is 5.56 Å². The summed E-state index contributed by atoms with van der Waals surface area (Å²) in [6.07, 6.45) is 0.730. The summed E-state index contributed by atoms with van der Waals surface area (Å²) in [5.41, 5.74) is 5.71. The van der Waals surface area contributed by atoms with Gasteiger partial charge in [-0.2, -0.15) is 0 Å². The van der Waals surface area contributed by atoms with E-state index in [-0.39, 0.29) is 17.3 Å². The van der Waals surface area contributed by atoms with Crippen LogP contribution in [0.3, 0.4) is 0 Å². The van der Waals surface area contributed by atoms with Gasteiger partial charge in [0.2, 0.25) is 0 Å². The number of hydrogen-bond donors (Lipinski definition) is 1. The molecule has 1 fully saturated rings. The fraction of sp³-hybridized carbons (Fsp3) is 0.400. The largest absolute Gasteiger partial charge is 0.327 e. The zero-order valence-electron chi connectivity index (χ0n) is 7.35. The summed E-state index contributed by atoms with van der Waals surface area (Å²) < 4.78 is 26.1. The Morgan fingerprint density at radius 1 is 1.46 bits per heavy atom. The number of benzene rings is 1.